The van der Waals surface area contributed by atoms with Crippen LogP contribution in [0.2, 0.25) is 18.1 Å². The number of benzene rings is 1. The molecule has 35 heavy (non-hydrogen) atoms. The van der Waals surface area contributed by atoms with E-state index in [2.05, 4.69) is 40.8 Å². The summed E-state index contributed by atoms with van der Waals surface area (Å²) in [6.45, 7) is 13.6. The summed E-state index contributed by atoms with van der Waals surface area (Å²) in [6, 6.07) is 1.71. The molecule has 0 saturated heterocycles. The molecule has 0 amide bonds. The summed E-state index contributed by atoms with van der Waals surface area (Å²) < 4.78 is 17.0. The average Bonchev–Trinajstić information content (AvgIpc) is 2.79. The molecular formula is C28H42O6Si. The van der Waals surface area contributed by atoms with Gasteiger partial charge in [-0.1, -0.05) is 59.1 Å². The summed E-state index contributed by atoms with van der Waals surface area (Å²) in [6.07, 6.45) is 8.27. The summed E-state index contributed by atoms with van der Waals surface area (Å²) in [4.78, 5) is 25.9. The molecule has 2 rings (SSSR count). The van der Waals surface area contributed by atoms with Gasteiger partial charge in [-0.3, -0.25) is 9.59 Å². The van der Waals surface area contributed by atoms with Crippen molar-refractivity contribution < 1.29 is 28.6 Å². The van der Waals surface area contributed by atoms with Crippen LogP contribution in [0.4, 0.5) is 0 Å². The third kappa shape index (κ3) is 6.71. The topological polar surface area (TPSA) is 82.1 Å². The maximum Gasteiger partial charge on any atom is 0.228 e. The second-order valence-electron chi connectivity index (χ2n) is 10.6. The number of rotatable bonds is 12. The minimum absolute atomic E-state index is 0.00468. The number of unbranched alkanes of at least 4 members (excludes halogenated alkanes) is 2. The van der Waals surface area contributed by atoms with Crippen LogP contribution < -0.4 is 4.74 Å². The zero-order valence-electron chi connectivity index (χ0n) is 22.6. The highest BCUT2D eigenvalue weighted by Gasteiger charge is 2.37. The molecule has 1 N–H and O–H groups in total. The van der Waals surface area contributed by atoms with Crippen LogP contribution in [-0.4, -0.2) is 45.8 Å². The molecule has 194 valence electrons. The van der Waals surface area contributed by atoms with Gasteiger partial charge in [0.1, 0.15) is 5.75 Å². The quantitative estimate of drug-likeness (QED) is 0.204. The van der Waals surface area contributed by atoms with Crippen LogP contribution in [0.3, 0.4) is 0 Å². The molecule has 0 saturated carbocycles. The third-order valence-corrected chi connectivity index (χ3v) is 11.6. The third-order valence-electron chi connectivity index (χ3n) is 7.07. The number of aliphatic hydroxyl groups excluding tert-OH is 1. The van der Waals surface area contributed by atoms with E-state index < -0.39 is 14.4 Å². The van der Waals surface area contributed by atoms with E-state index >= 15 is 0 Å². The van der Waals surface area contributed by atoms with Crippen LogP contribution in [0.15, 0.2) is 30.1 Å². The van der Waals surface area contributed by atoms with Crippen molar-refractivity contribution in [1.29, 1.82) is 0 Å². The fraction of sp³-hybridized carbons (Fsp3) is 0.571. The Morgan fingerprint density at radius 3 is 2.34 bits per heavy atom. The van der Waals surface area contributed by atoms with E-state index in [0.717, 1.165) is 24.8 Å². The molecule has 6 nitrogen and oxygen atoms in total. The van der Waals surface area contributed by atoms with E-state index in [1.165, 1.54) is 20.3 Å². The minimum Gasteiger partial charge on any atom is -0.496 e. The molecule has 0 radical (unpaired) electrons. The number of ketones is 2. The molecule has 0 heterocycles. The molecule has 0 fully saturated rings. The standard InChI is InChI=1S/C28H42O6Si/c1-9-10-11-15-21(29)24-19(14-12-13-16-34-35(7,8)28(2,3)4)17-20-25(27(24)33-6)22(30)18-23(32-5)26(20)31/h12-13,17-18,21,29H,9-11,14-16H2,1-8H3/b13-12+. The molecular weight excluding hydrogens is 460 g/mol. The predicted octanol–water partition coefficient (Wildman–Crippen LogP) is 6.34. The molecule has 0 spiro atoms. The van der Waals surface area contributed by atoms with Crippen molar-refractivity contribution in [2.75, 3.05) is 20.8 Å². The first-order chi connectivity index (χ1) is 16.4. The number of Topliss-reactive ketones (excluding diaryl/α,β-unsaturated/α-hetero) is 1. The van der Waals surface area contributed by atoms with Gasteiger partial charge in [-0.15, -0.1) is 0 Å². The van der Waals surface area contributed by atoms with Gasteiger partial charge in [-0.25, -0.2) is 0 Å². The Morgan fingerprint density at radius 2 is 1.77 bits per heavy atom. The Labute approximate surface area is 211 Å². The SMILES string of the molecule is CCCCCC(O)c1c(C/C=C/CO[Si](C)(C)C(C)(C)C)cc2c(c1OC)C(=O)C=C(OC)C2=O. The number of fused-ring (bicyclic) bond motifs is 1. The molecule has 0 bridgehead atoms. The molecule has 1 aliphatic carbocycles. The van der Waals surface area contributed by atoms with Crippen LogP contribution in [0, 0.1) is 0 Å². The van der Waals surface area contributed by atoms with Crippen LogP contribution in [-0.2, 0) is 15.6 Å². The number of methoxy groups -OCH3 is 2. The van der Waals surface area contributed by atoms with Gasteiger partial charge in [0.05, 0.1) is 32.5 Å². The molecule has 0 aromatic heterocycles. The second kappa shape index (κ2) is 12.1. The molecule has 1 aromatic carbocycles. The molecule has 1 aliphatic rings. The van der Waals surface area contributed by atoms with Crippen LogP contribution in [0.5, 0.6) is 5.75 Å². The number of carbonyl (C=O) groups excluding carboxylic acids is 2. The number of aliphatic hydroxyl groups is 1. The number of allylic oxidation sites excluding steroid dienone is 3. The van der Waals surface area contributed by atoms with E-state index in [1.54, 1.807) is 6.07 Å². The van der Waals surface area contributed by atoms with Crippen molar-refractivity contribution >= 4 is 19.9 Å². The Morgan fingerprint density at radius 1 is 1.09 bits per heavy atom. The van der Waals surface area contributed by atoms with Crippen molar-refractivity contribution in [1.82, 2.24) is 0 Å². The molecule has 1 aromatic rings. The summed E-state index contributed by atoms with van der Waals surface area (Å²) in [5, 5.41) is 11.3. The maximum absolute atomic E-state index is 13.0. The smallest absolute Gasteiger partial charge is 0.228 e. The summed E-state index contributed by atoms with van der Waals surface area (Å²) >= 11 is 0. The van der Waals surface area contributed by atoms with E-state index in [1.807, 2.05) is 12.2 Å². The number of hydrogen-bond donors (Lipinski definition) is 1. The van der Waals surface area contributed by atoms with Crippen molar-refractivity contribution in [3.8, 4) is 5.75 Å². The fourth-order valence-corrected chi connectivity index (χ4v) is 4.87. The highest BCUT2D eigenvalue weighted by atomic mass is 28.4. The lowest BCUT2D eigenvalue weighted by molar-refractivity contribution is 0.0913. The molecule has 1 atom stereocenters. The Bertz CT molecular complexity index is 984. The van der Waals surface area contributed by atoms with E-state index in [4.69, 9.17) is 13.9 Å². The van der Waals surface area contributed by atoms with Crippen molar-refractivity contribution in [2.45, 2.75) is 84.0 Å². The molecule has 7 heteroatoms. The van der Waals surface area contributed by atoms with Gasteiger partial charge in [-0.05, 0) is 42.6 Å². The summed E-state index contributed by atoms with van der Waals surface area (Å²) in [5.41, 5.74) is 1.77. The normalized spacial score (nSPS) is 15.3. The van der Waals surface area contributed by atoms with Crippen LogP contribution in [0.1, 0.15) is 91.3 Å². The lowest BCUT2D eigenvalue weighted by Crippen LogP contribution is -2.40. The zero-order chi connectivity index (χ0) is 26.4. The number of carbonyl (C=O) groups is 2. The molecule has 0 aliphatic heterocycles. The average molecular weight is 503 g/mol. The number of ether oxygens (including phenoxy) is 2. The van der Waals surface area contributed by atoms with Gasteiger partial charge in [0.15, 0.2) is 19.9 Å². The van der Waals surface area contributed by atoms with E-state index in [9.17, 15) is 14.7 Å². The first kappa shape index (κ1) is 29.0. The van der Waals surface area contributed by atoms with Gasteiger partial charge in [0.2, 0.25) is 5.78 Å². The van der Waals surface area contributed by atoms with E-state index in [-0.39, 0.29) is 39.2 Å². The summed E-state index contributed by atoms with van der Waals surface area (Å²) in [7, 11) is 0.984. The largest absolute Gasteiger partial charge is 0.496 e. The van der Waals surface area contributed by atoms with Gasteiger partial charge in [-0.2, -0.15) is 0 Å². The monoisotopic (exact) mass is 502 g/mol. The highest BCUT2D eigenvalue weighted by molar-refractivity contribution is 6.74. The first-order valence-electron chi connectivity index (χ1n) is 12.4. The van der Waals surface area contributed by atoms with Crippen molar-refractivity contribution in [2.24, 2.45) is 0 Å². The van der Waals surface area contributed by atoms with Gasteiger partial charge in [0.25, 0.3) is 0 Å². The lowest BCUT2D eigenvalue weighted by Gasteiger charge is -2.35. The second-order valence-corrected chi connectivity index (χ2v) is 15.4. The van der Waals surface area contributed by atoms with Gasteiger partial charge < -0.3 is 19.0 Å². The predicted molar refractivity (Wildman–Crippen MR) is 142 cm³/mol. The lowest BCUT2D eigenvalue weighted by atomic mass is 9.84. The maximum atomic E-state index is 13.0. The van der Waals surface area contributed by atoms with Crippen molar-refractivity contribution in [3.63, 3.8) is 0 Å². The van der Waals surface area contributed by atoms with Gasteiger partial charge in [0, 0.05) is 17.2 Å². The first-order valence-corrected chi connectivity index (χ1v) is 15.4. The van der Waals surface area contributed by atoms with Crippen LogP contribution in [0.25, 0.3) is 0 Å². The highest BCUT2D eigenvalue weighted by Crippen LogP contribution is 2.40. The van der Waals surface area contributed by atoms with Crippen molar-refractivity contribution in [3.05, 3.63) is 52.3 Å². The minimum atomic E-state index is -1.86. The molecule has 1 unspecified atom stereocenters. The number of hydrogen-bond acceptors (Lipinski definition) is 6. The van der Waals surface area contributed by atoms with Gasteiger partial charge >= 0.3 is 0 Å². The fourth-order valence-electron chi connectivity index (χ4n) is 3.92. The zero-order valence-corrected chi connectivity index (χ0v) is 23.6. The Kier molecular flexibility index (Phi) is 10.1. The Hall–Kier alpha value is -2.22. The van der Waals surface area contributed by atoms with E-state index in [0.29, 0.717) is 25.0 Å². The Balaban J connectivity index is 2.44. The van der Waals surface area contributed by atoms with Crippen LogP contribution >= 0.6 is 0 Å². The summed E-state index contributed by atoms with van der Waals surface area (Å²) in [5.74, 6) is -0.443.